The number of hydrogen-bond acceptors (Lipinski definition) is 6. The van der Waals surface area contributed by atoms with E-state index in [2.05, 4.69) is 26.1 Å². The molecule has 0 aromatic heterocycles. The van der Waals surface area contributed by atoms with Crippen molar-refractivity contribution in [2.75, 3.05) is 37.9 Å². The molecule has 0 heterocycles. The van der Waals surface area contributed by atoms with Gasteiger partial charge in [0.25, 0.3) is 5.91 Å². The van der Waals surface area contributed by atoms with Gasteiger partial charge in [0.2, 0.25) is 10.0 Å². The van der Waals surface area contributed by atoms with Crippen molar-refractivity contribution in [1.29, 1.82) is 0 Å². The standard InChI is InChI=1S/C29H36N2O6S/c1-29(2,3)23-11-14-25(15-12-23)37-18-17-30-28(32)22-9-7-21(8-10-22)20-31(38(6,33)34)24-13-16-26(35-4)27(19-24)36-5/h7-16,19H,17-18,20H2,1-6H3,(H,30,32). The van der Waals surface area contributed by atoms with Crippen LogP contribution in [0.25, 0.3) is 0 Å². The molecule has 0 radical (unpaired) electrons. The van der Waals surface area contributed by atoms with Crippen LogP contribution in [0.15, 0.2) is 66.7 Å². The summed E-state index contributed by atoms with van der Waals surface area (Å²) < 4.78 is 42.7. The molecule has 9 heteroatoms. The minimum absolute atomic E-state index is 0.0777. The highest BCUT2D eigenvalue weighted by Gasteiger charge is 2.20. The molecule has 38 heavy (non-hydrogen) atoms. The Bertz CT molecular complexity index is 1330. The number of nitrogens with one attached hydrogen (secondary N) is 1. The summed E-state index contributed by atoms with van der Waals surface area (Å²) in [6.45, 7) is 7.26. The molecule has 0 aliphatic carbocycles. The molecular formula is C29H36N2O6S. The summed E-state index contributed by atoms with van der Waals surface area (Å²) in [6, 6.07) is 19.7. The van der Waals surface area contributed by atoms with Gasteiger partial charge in [0, 0.05) is 11.6 Å². The number of benzene rings is 3. The quantitative estimate of drug-likeness (QED) is 0.352. The van der Waals surface area contributed by atoms with Crippen LogP contribution >= 0.6 is 0 Å². The zero-order chi connectivity index (χ0) is 27.9. The van der Waals surface area contributed by atoms with Gasteiger partial charge < -0.3 is 19.5 Å². The zero-order valence-electron chi connectivity index (χ0n) is 22.8. The third kappa shape index (κ3) is 7.64. The van der Waals surface area contributed by atoms with E-state index in [0.717, 1.165) is 17.6 Å². The second-order valence-corrected chi connectivity index (χ2v) is 11.8. The molecule has 3 aromatic carbocycles. The Kier molecular flexibility index (Phi) is 9.27. The van der Waals surface area contributed by atoms with Crippen molar-refractivity contribution in [1.82, 2.24) is 5.32 Å². The highest BCUT2D eigenvalue weighted by Crippen LogP contribution is 2.33. The summed E-state index contributed by atoms with van der Waals surface area (Å²) in [7, 11) is -0.582. The summed E-state index contributed by atoms with van der Waals surface area (Å²) >= 11 is 0. The Hall–Kier alpha value is -3.72. The van der Waals surface area contributed by atoms with Crippen molar-refractivity contribution >= 4 is 21.6 Å². The SMILES string of the molecule is COc1ccc(N(Cc2ccc(C(=O)NCCOc3ccc(C(C)(C)C)cc3)cc2)S(C)(=O)=O)cc1OC. The minimum Gasteiger partial charge on any atom is -0.493 e. The third-order valence-corrected chi connectivity index (χ3v) is 7.12. The summed E-state index contributed by atoms with van der Waals surface area (Å²) in [6.07, 6.45) is 1.15. The van der Waals surface area contributed by atoms with Gasteiger partial charge in [-0.2, -0.15) is 0 Å². The molecule has 0 saturated carbocycles. The highest BCUT2D eigenvalue weighted by molar-refractivity contribution is 7.92. The van der Waals surface area contributed by atoms with Crippen LogP contribution in [0.4, 0.5) is 5.69 Å². The molecule has 0 atom stereocenters. The van der Waals surface area contributed by atoms with Crippen molar-refractivity contribution in [3.63, 3.8) is 0 Å². The van der Waals surface area contributed by atoms with Gasteiger partial charge >= 0.3 is 0 Å². The highest BCUT2D eigenvalue weighted by atomic mass is 32.2. The molecule has 0 aliphatic rings. The lowest BCUT2D eigenvalue weighted by atomic mass is 9.87. The normalized spacial score (nSPS) is 11.5. The fraction of sp³-hybridized carbons (Fsp3) is 0.345. The molecule has 0 fully saturated rings. The Morgan fingerprint density at radius 1 is 0.895 bits per heavy atom. The molecule has 3 aromatic rings. The molecule has 1 amide bonds. The first-order valence-electron chi connectivity index (χ1n) is 12.2. The van der Waals surface area contributed by atoms with E-state index >= 15 is 0 Å². The average molecular weight is 541 g/mol. The van der Waals surface area contributed by atoms with Gasteiger partial charge in [-0.1, -0.05) is 45.0 Å². The maximum atomic E-state index is 12.6. The second-order valence-electron chi connectivity index (χ2n) is 9.88. The average Bonchev–Trinajstić information content (AvgIpc) is 2.88. The van der Waals surface area contributed by atoms with Crippen LogP contribution in [0.1, 0.15) is 42.3 Å². The molecule has 0 bridgehead atoms. The van der Waals surface area contributed by atoms with Gasteiger partial charge in [-0.25, -0.2) is 8.42 Å². The summed E-state index contributed by atoms with van der Waals surface area (Å²) in [4.78, 5) is 12.6. The number of amides is 1. The molecule has 1 N–H and O–H groups in total. The number of methoxy groups -OCH3 is 2. The van der Waals surface area contributed by atoms with E-state index in [4.69, 9.17) is 14.2 Å². The molecule has 3 rings (SSSR count). The number of carbonyl (C=O) groups excluding carboxylic acids is 1. The largest absolute Gasteiger partial charge is 0.493 e. The van der Waals surface area contributed by atoms with Gasteiger partial charge in [0.05, 0.1) is 39.3 Å². The Balaban J connectivity index is 1.58. The smallest absolute Gasteiger partial charge is 0.251 e. The minimum atomic E-state index is -3.59. The topological polar surface area (TPSA) is 94.2 Å². The Morgan fingerprint density at radius 2 is 1.53 bits per heavy atom. The monoisotopic (exact) mass is 540 g/mol. The Labute approximate surface area is 225 Å². The van der Waals surface area contributed by atoms with Crippen LogP contribution in [0.5, 0.6) is 17.2 Å². The first-order chi connectivity index (χ1) is 17.9. The third-order valence-electron chi connectivity index (χ3n) is 5.97. The molecule has 0 aliphatic heterocycles. The van der Waals surface area contributed by atoms with Crippen molar-refractivity contribution in [3.05, 3.63) is 83.4 Å². The van der Waals surface area contributed by atoms with Crippen LogP contribution in [0.2, 0.25) is 0 Å². The predicted octanol–water partition coefficient (Wildman–Crippen LogP) is 4.78. The maximum absolute atomic E-state index is 12.6. The number of anilines is 1. The van der Waals surface area contributed by atoms with Crippen molar-refractivity contribution in [2.45, 2.75) is 32.7 Å². The predicted molar refractivity (Wildman–Crippen MR) is 150 cm³/mol. The van der Waals surface area contributed by atoms with Gasteiger partial charge in [-0.3, -0.25) is 9.10 Å². The molecule has 0 spiro atoms. The van der Waals surface area contributed by atoms with Gasteiger partial charge in [0.15, 0.2) is 11.5 Å². The first kappa shape index (κ1) is 28.8. The van der Waals surface area contributed by atoms with E-state index in [-0.39, 0.29) is 17.9 Å². The zero-order valence-corrected chi connectivity index (χ0v) is 23.6. The van der Waals surface area contributed by atoms with Gasteiger partial charge in [0.1, 0.15) is 12.4 Å². The van der Waals surface area contributed by atoms with Crippen molar-refractivity contribution in [3.8, 4) is 17.2 Å². The van der Waals surface area contributed by atoms with Crippen LogP contribution in [0.3, 0.4) is 0 Å². The van der Waals surface area contributed by atoms with E-state index in [9.17, 15) is 13.2 Å². The van der Waals surface area contributed by atoms with Gasteiger partial charge in [-0.05, 0) is 52.9 Å². The summed E-state index contributed by atoms with van der Waals surface area (Å²) in [5, 5.41) is 2.84. The van der Waals surface area contributed by atoms with Crippen LogP contribution in [-0.4, -0.2) is 48.0 Å². The number of rotatable bonds is 11. The number of nitrogens with zero attached hydrogens (tertiary/aromatic N) is 1. The number of carbonyl (C=O) groups is 1. The lowest BCUT2D eigenvalue weighted by Crippen LogP contribution is -2.29. The number of sulfonamides is 1. The maximum Gasteiger partial charge on any atom is 0.251 e. The van der Waals surface area contributed by atoms with E-state index in [1.807, 2.05) is 24.3 Å². The van der Waals surface area contributed by atoms with Crippen molar-refractivity contribution in [2.24, 2.45) is 0 Å². The fourth-order valence-electron chi connectivity index (χ4n) is 3.79. The second kappa shape index (κ2) is 12.2. The lowest BCUT2D eigenvalue weighted by Gasteiger charge is -2.23. The van der Waals surface area contributed by atoms with E-state index in [1.54, 1.807) is 42.5 Å². The van der Waals surface area contributed by atoms with Crippen LogP contribution < -0.4 is 23.8 Å². The number of hydrogen-bond donors (Lipinski definition) is 1. The molecule has 204 valence electrons. The van der Waals surface area contributed by atoms with Crippen LogP contribution in [-0.2, 0) is 22.0 Å². The molecular weight excluding hydrogens is 504 g/mol. The van der Waals surface area contributed by atoms with Crippen molar-refractivity contribution < 1.29 is 27.4 Å². The fourth-order valence-corrected chi connectivity index (χ4v) is 4.67. The summed E-state index contributed by atoms with van der Waals surface area (Å²) in [5.74, 6) is 1.45. The number of ether oxygens (including phenoxy) is 3. The first-order valence-corrected chi connectivity index (χ1v) is 14.1. The molecule has 0 unspecified atom stereocenters. The van der Waals surface area contributed by atoms with Crippen LogP contribution in [0, 0.1) is 0 Å². The van der Waals surface area contributed by atoms with E-state index < -0.39 is 10.0 Å². The lowest BCUT2D eigenvalue weighted by molar-refractivity contribution is 0.0947. The molecule has 8 nitrogen and oxygen atoms in total. The van der Waals surface area contributed by atoms with E-state index in [1.165, 1.54) is 24.1 Å². The van der Waals surface area contributed by atoms with Gasteiger partial charge in [-0.15, -0.1) is 0 Å². The Morgan fingerprint density at radius 3 is 2.08 bits per heavy atom. The van der Waals surface area contributed by atoms with E-state index in [0.29, 0.717) is 35.9 Å². The summed E-state index contributed by atoms with van der Waals surface area (Å²) in [5.41, 5.74) is 2.95. The molecule has 0 saturated heterocycles.